The number of ether oxygens (including phenoxy) is 4. The number of rotatable bonds is 9. The van der Waals surface area contributed by atoms with Crippen molar-refractivity contribution in [1.29, 1.82) is 0 Å². The maximum absolute atomic E-state index is 12.3. The van der Waals surface area contributed by atoms with Gasteiger partial charge in [0.15, 0.2) is 17.6 Å². The van der Waals surface area contributed by atoms with Gasteiger partial charge in [-0.25, -0.2) is 4.79 Å². The Morgan fingerprint density at radius 1 is 1.03 bits per heavy atom. The Labute approximate surface area is 170 Å². The maximum Gasteiger partial charge on any atom is 0.331 e. The molecule has 1 unspecified atom stereocenters. The van der Waals surface area contributed by atoms with Crippen LogP contribution in [0.1, 0.15) is 19.4 Å². The minimum Gasteiger partial charge on any atom is -0.493 e. The molecule has 0 spiro atoms. The average molecular weight is 399 g/mol. The Morgan fingerprint density at radius 2 is 1.76 bits per heavy atom. The van der Waals surface area contributed by atoms with Gasteiger partial charge in [-0.1, -0.05) is 18.2 Å². The van der Waals surface area contributed by atoms with E-state index in [4.69, 9.17) is 18.9 Å². The number of anilines is 1. The van der Waals surface area contributed by atoms with Crippen LogP contribution in [0.25, 0.3) is 6.08 Å². The molecule has 2 aromatic rings. The van der Waals surface area contributed by atoms with Crippen molar-refractivity contribution in [2.24, 2.45) is 0 Å². The van der Waals surface area contributed by atoms with E-state index in [1.807, 2.05) is 31.2 Å². The minimum atomic E-state index is -0.984. The number of hydrogen-bond donors (Lipinski definition) is 1. The second-order valence-corrected chi connectivity index (χ2v) is 5.94. The fourth-order valence-electron chi connectivity index (χ4n) is 2.49. The number of para-hydroxylation sites is 1. The number of esters is 1. The molecule has 0 aliphatic rings. The van der Waals surface area contributed by atoms with E-state index in [1.165, 1.54) is 27.2 Å². The lowest BCUT2D eigenvalue weighted by Crippen LogP contribution is -2.29. The van der Waals surface area contributed by atoms with E-state index < -0.39 is 18.0 Å². The van der Waals surface area contributed by atoms with Crippen molar-refractivity contribution in [1.82, 2.24) is 0 Å². The summed E-state index contributed by atoms with van der Waals surface area (Å²) < 4.78 is 21.0. The van der Waals surface area contributed by atoms with Gasteiger partial charge >= 0.3 is 5.97 Å². The molecule has 0 aliphatic carbocycles. The van der Waals surface area contributed by atoms with Crippen LogP contribution in [0.4, 0.5) is 5.69 Å². The molecule has 2 aromatic carbocycles. The van der Waals surface area contributed by atoms with E-state index in [2.05, 4.69) is 5.32 Å². The molecule has 7 heteroatoms. The zero-order valence-electron chi connectivity index (χ0n) is 16.9. The fraction of sp³-hybridized carbons (Fsp3) is 0.273. The van der Waals surface area contributed by atoms with Crippen molar-refractivity contribution in [2.45, 2.75) is 20.0 Å². The highest BCUT2D eigenvalue weighted by molar-refractivity contribution is 5.97. The molecule has 7 nitrogen and oxygen atoms in total. The molecule has 0 radical (unpaired) electrons. The minimum absolute atomic E-state index is 0.464. The van der Waals surface area contributed by atoms with Gasteiger partial charge in [0.2, 0.25) is 0 Å². The highest BCUT2D eigenvalue weighted by atomic mass is 16.5. The molecule has 1 atom stereocenters. The first-order valence-electron chi connectivity index (χ1n) is 9.11. The predicted octanol–water partition coefficient (Wildman–Crippen LogP) is 3.69. The second kappa shape index (κ2) is 10.8. The molecule has 0 aromatic heterocycles. The molecule has 0 bridgehead atoms. The lowest BCUT2D eigenvalue weighted by molar-refractivity contribution is -0.148. The monoisotopic (exact) mass is 399 g/mol. The van der Waals surface area contributed by atoms with E-state index >= 15 is 0 Å². The number of carbonyl (C=O) groups is 2. The molecule has 0 saturated heterocycles. The van der Waals surface area contributed by atoms with Crippen LogP contribution in [0, 0.1) is 0 Å². The Bertz CT molecular complexity index is 877. The van der Waals surface area contributed by atoms with E-state index in [0.29, 0.717) is 29.5 Å². The molecule has 154 valence electrons. The van der Waals surface area contributed by atoms with Crippen molar-refractivity contribution >= 4 is 23.6 Å². The molecular weight excluding hydrogens is 374 g/mol. The van der Waals surface area contributed by atoms with Crippen LogP contribution in [-0.2, 0) is 14.3 Å². The number of benzene rings is 2. The quantitative estimate of drug-likeness (QED) is 0.512. The second-order valence-electron chi connectivity index (χ2n) is 5.94. The highest BCUT2D eigenvalue weighted by Crippen LogP contribution is 2.29. The van der Waals surface area contributed by atoms with Crippen molar-refractivity contribution in [2.75, 3.05) is 26.1 Å². The Kier molecular flexibility index (Phi) is 8.09. The Morgan fingerprint density at radius 3 is 2.45 bits per heavy atom. The van der Waals surface area contributed by atoms with Crippen LogP contribution in [-0.4, -0.2) is 38.8 Å². The predicted molar refractivity (Wildman–Crippen MR) is 110 cm³/mol. The van der Waals surface area contributed by atoms with Gasteiger partial charge in [0.25, 0.3) is 5.91 Å². The van der Waals surface area contributed by atoms with Crippen LogP contribution in [0.5, 0.6) is 17.2 Å². The zero-order chi connectivity index (χ0) is 21.2. The number of hydrogen-bond acceptors (Lipinski definition) is 6. The van der Waals surface area contributed by atoms with Gasteiger partial charge in [0.1, 0.15) is 5.75 Å². The largest absolute Gasteiger partial charge is 0.493 e. The normalized spacial score (nSPS) is 11.6. The first-order valence-corrected chi connectivity index (χ1v) is 9.11. The molecule has 1 N–H and O–H groups in total. The van der Waals surface area contributed by atoms with Crippen LogP contribution >= 0.6 is 0 Å². The molecule has 0 heterocycles. The van der Waals surface area contributed by atoms with Gasteiger partial charge in [-0.3, -0.25) is 4.79 Å². The summed E-state index contributed by atoms with van der Waals surface area (Å²) in [4.78, 5) is 24.4. The molecule has 29 heavy (non-hydrogen) atoms. The van der Waals surface area contributed by atoms with Crippen LogP contribution in [0.15, 0.2) is 48.5 Å². The van der Waals surface area contributed by atoms with Crippen molar-refractivity contribution in [3.8, 4) is 17.2 Å². The fourth-order valence-corrected chi connectivity index (χ4v) is 2.49. The van der Waals surface area contributed by atoms with Gasteiger partial charge < -0.3 is 24.3 Å². The van der Waals surface area contributed by atoms with E-state index in [9.17, 15) is 9.59 Å². The third-order valence-electron chi connectivity index (χ3n) is 3.93. The maximum atomic E-state index is 12.3. The molecule has 0 fully saturated rings. The van der Waals surface area contributed by atoms with Crippen LogP contribution in [0.3, 0.4) is 0 Å². The SMILES string of the molecule is CCOc1ccccc1/C=C/C(=O)OC(C)C(=O)Nc1ccc(OC)c(OC)c1. The Hall–Kier alpha value is -3.48. The van der Waals surface area contributed by atoms with Gasteiger partial charge in [0, 0.05) is 23.4 Å². The smallest absolute Gasteiger partial charge is 0.331 e. The van der Waals surface area contributed by atoms with Gasteiger partial charge in [-0.15, -0.1) is 0 Å². The first-order chi connectivity index (χ1) is 14.0. The van der Waals surface area contributed by atoms with Gasteiger partial charge in [0.05, 0.1) is 20.8 Å². The summed E-state index contributed by atoms with van der Waals surface area (Å²) in [5.41, 5.74) is 1.24. The summed E-state index contributed by atoms with van der Waals surface area (Å²) in [6.45, 7) is 3.89. The van der Waals surface area contributed by atoms with E-state index in [-0.39, 0.29) is 0 Å². The van der Waals surface area contributed by atoms with Crippen LogP contribution < -0.4 is 19.5 Å². The standard InChI is InChI=1S/C22H25NO6/c1-5-28-18-9-7-6-8-16(18)10-13-21(24)29-15(2)22(25)23-17-11-12-19(26-3)20(14-17)27-4/h6-15H,5H2,1-4H3,(H,23,25)/b13-10+. The lowest BCUT2D eigenvalue weighted by atomic mass is 10.2. The summed E-state index contributed by atoms with van der Waals surface area (Å²) >= 11 is 0. The van der Waals surface area contributed by atoms with Gasteiger partial charge in [-0.2, -0.15) is 0 Å². The summed E-state index contributed by atoms with van der Waals surface area (Å²) in [5, 5.41) is 2.68. The number of amides is 1. The summed E-state index contributed by atoms with van der Waals surface area (Å²) in [6, 6.07) is 12.3. The number of nitrogens with one attached hydrogen (secondary N) is 1. The summed E-state index contributed by atoms with van der Waals surface area (Å²) in [5.74, 6) is 0.589. The molecule has 1 amide bonds. The Balaban J connectivity index is 1.96. The highest BCUT2D eigenvalue weighted by Gasteiger charge is 2.17. The number of methoxy groups -OCH3 is 2. The summed E-state index contributed by atoms with van der Waals surface area (Å²) in [7, 11) is 3.03. The molecule has 0 saturated carbocycles. The van der Waals surface area contributed by atoms with Crippen LogP contribution in [0.2, 0.25) is 0 Å². The molecular formula is C22H25NO6. The number of carbonyl (C=O) groups excluding carboxylic acids is 2. The van der Waals surface area contributed by atoms with Crippen molar-refractivity contribution in [3.05, 3.63) is 54.1 Å². The van der Waals surface area contributed by atoms with E-state index in [0.717, 1.165) is 5.56 Å². The molecule has 2 rings (SSSR count). The molecule has 0 aliphatic heterocycles. The third-order valence-corrected chi connectivity index (χ3v) is 3.93. The average Bonchev–Trinajstić information content (AvgIpc) is 2.73. The topological polar surface area (TPSA) is 83.1 Å². The zero-order valence-corrected chi connectivity index (χ0v) is 16.9. The first kappa shape index (κ1) is 21.8. The van der Waals surface area contributed by atoms with Gasteiger partial charge in [-0.05, 0) is 38.1 Å². The lowest BCUT2D eigenvalue weighted by Gasteiger charge is -2.14. The van der Waals surface area contributed by atoms with Crippen molar-refractivity contribution < 1.29 is 28.5 Å². The van der Waals surface area contributed by atoms with Crippen molar-refractivity contribution in [3.63, 3.8) is 0 Å². The third kappa shape index (κ3) is 6.27. The van der Waals surface area contributed by atoms with E-state index in [1.54, 1.807) is 24.3 Å². The summed E-state index contributed by atoms with van der Waals surface area (Å²) in [6.07, 6.45) is 1.87.